The lowest BCUT2D eigenvalue weighted by Gasteiger charge is -2.38. The van der Waals surface area contributed by atoms with Crippen LogP contribution in [0.3, 0.4) is 0 Å². The highest BCUT2D eigenvalue weighted by Gasteiger charge is 2.22. The molecule has 1 N–H and O–H groups in total. The third-order valence-corrected chi connectivity index (χ3v) is 4.92. The van der Waals surface area contributed by atoms with Gasteiger partial charge in [-0.25, -0.2) is 0 Å². The third-order valence-electron chi connectivity index (χ3n) is 4.92. The summed E-state index contributed by atoms with van der Waals surface area (Å²) in [4.78, 5) is 11.3. The van der Waals surface area contributed by atoms with Crippen molar-refractivity contribution in [2.75, 3.05) is 54.4 Å². The molecule has 1 aromatic heterocycles. The Morgan fingerprint density at radius 3 is 2.81 bits per heavy atom. The number of guanidine groups is 1. The molecule has 2 heterocycles. The molecule has 0 amide bonds. The first-order chi connectivity index (χ1) is 12.1. The molecule has 0 saturated carbocycles. The van der Waals surface area contributed by atoms with Gasteiger partial charge >= 0.3 is 0 Å². The summed E-state index contributed by atoms with van der Waals surface area (Å²) in [6, 6.07) is 10.7. The Balaban J connectivity index is 0.00000243. The second-order valence-electron chi connectivity index (χ2n) is 6.93. The summed E-state index contributed by atoms with van der Waals surface area (Å²) < 4.78 is 5.92. The molecule has 3 rings (SSSR count). The van der Waals surface area contributed by atoms with Gasteiger partial charge in [0.25, 0.3) is 0 Å². The van der Waals surface area contributed by atoms with Crippen molar-refractivity contribution in [3.63, 3.8) is 0 Å². The highest BCUT2D eigenvalue weighted by Crippen LogP contribution is 2.19. The molecule has 0 aliphatic carbocycles. The lowest BCUT2D eigenvalue weighted by atomic mass is 10.2. The van der Waals surface area contributed by atoms with Gasteiger partial charge in [-0.15, -0.1) is 24.0 Å². The van der Waals surface area contributed by atoms with Gasteiger partial charge < -0.3 is 19.5 Å². The second-order valence-corrected chi connectivity index (χ2v) is 6.93. The number of piperazine rings is 1. The predicted octanol–water partition coefficient (Wildman–Crippen LogP) is 2.30. The topological polar surface area (TPSA) is 47.3 Å². The van der Waals surface area contributed by atoms with Crippen molar-refractivity contribution in [3.8, 4) is 0 Å². The molecule has 144 valence electrons. The van der Waals surface area contributed by atoms with Crippen LogP contribution in [0, 0.1) is 0 Å². The summed E-state index contributed by atoms with van der Waals surface area (Å²) in [6.45, 7) is 4.89. The summed E-state index contributed by atoms with van der Waals surface area (Å²) in [5.74, 6) is 1.84. The molecule has 1 saturated heterocycles. The molecule has 26 heavy (non-hydrogen) atoms. The van der Waals surface area contributed by atoms with Crippen LogP contribution in [0.2, 0.25) is 0 Å². The van der Waals surface area contributed by atoms with Crippen molar-refractivity contribution in [1.82, 2.24) is 20.0 Å². The van der Waals surface area contributed by atoms with Crippen LogP contribution in [0.5, 0.6) is 0 Å². The maximum atomic E-state index is 5.92. The Labute approximate surface area is 173 Å². The molecule has 1 aliphatic rings. The first-order valence-electron chi connectivity index (χ1n) is 8.85. The lowest BCUT2D eigenvalue weighted by molar-refractivity contribution is 0.116. The first kappa shape index (κ1) is 21.0. The van der Waals surface area contributed by atoms with Crippen molar-refractivity contribution in [2.45, 2.75) is 12.6 Å². The average molecular weight is 471 g/mol. The number of rotatable bonds is 4. The zero-order valence-corrected chi connectivity index (χ0v) is 18.4. The van der Waals surface area contributed by atoms with Gasteiger partial charge in [0.2, 0.25) is 0 Å². The van der Waals surface area contributed by atoms with Gasteiger partial charge in [-0.1, -0.05) is 18.2 Å². The molecule has 1 atom stereocenters. The van der Waals surface area contributed by atoms with Gasteiger partial charge in [-0.05, 0) is 26.2 Å². The number of para-hydroxylation sites is 1. The number of fused-ring (bicyclic) bond motifs is 1. The van der Waals surface area contributed by atoms with Crippen molar-refractivity contribution in [1.29, 1.82) is 0 Å². The summed E-state index contributed by atoms with van der Waals surface area (Å²) in [6.07, 6.45) is 0. The van der Waals surface area contributed by atoms with E-state index in [2.05, 4.69) is 51.2 Å². The Morgan fingerprint density at radius 2 is 2.08 bits per heavy atom. The van der Waals surface area contributed by atoms with E-state index in [0.29, 0.717) is 12.6 Å². The molecular weight excluding hydrogens is 441 g/mol. The van der Waals surface area contributed by atoms with Crippen LogP contribution in [0.4, 0.5) is 0 Å². The minimum Gasteiger partial charge on any atom is -0.459 e. The molecule has 1 aromatic carbocycles. The number of hydrogen-bond acceptors (Lipinski definition) is 4. The number of hydrogen-bond donors (Lipinski definition) is 1. The normalized spacial score (nSPS) is 19.4. The lowest BCUT2D eigenvalue weighted by Crippen LogP contribution is -2.55. The Bertz CT molecular complexity index is 699. The van der Waals surface area contributed by atoms with Crippen LogP contribution in [0.15, 0.2) is 39.7 Å². The minimum atomic E-state index is 0. The number of benzene rings is 1. The fraction of sp³-hybridized carbons (Fsp3) is 0.526. The van der Waals surface area contributed by atoms with E-state index < -0.39 is 0 Å². The van der Waals surface area contributed by atoms with E-state index in [1.165, 1.54) is 0 Å². The van der Waals surface area contributed by atoms with Crippen molar-refractivity contribution >= 4 is 40.9 Å². The number of aliphatic imine (C=N–C) groups is 1. The molecule has 1 aliphatic heterocycles. The Morgan fingerprint density at radius 1 is 1.31 bits per heavy atom. The summed E-state index contributed by atoms with van der Waals surface area (Å²) in [7, 11) is 8.25. The monoisotopic (exact) mass is 471 g/mol. The molecule has 0 spiro atoms. The number of nitrogens with one attached hydrogen (secondary N) is 1. The maximum absolute atomic E-state index is 5.92. The summed E-state index contributed by atoms with van der Waals surface area (Å²) >= 11 is 0. The fourth-order valence-electron chi connectivity index (χ4n) is 3.34. The highest BCUT2D eigenvalue weighted by molar-refractivity contribution is 14.0. The zero-order valence-electron chi connectivity index (χ0n) is 16.1. The molecule has 1 unspecified atom stereocenters. The Kier molecular flexibility index (Phi) is 7.72. The van der Waals surface area contributed by atoms with E-state index in [4.69, 9.17) is 4.42 Å². The minimum absolute atomic E-state index is 0. The quantitative estimate of drug-likeness (QED) is 0.422. The van der Waals surface area contributed by atoms with Crippen molar-refractivity contribution < 1.29 is 4.42 Å². The van der Waals surface area contributed by atoms with Crippen LogP contribution in [0.25, 0.3) is 11.0 Å². The van der Waals surface area contributed by atoms with Crippen LogP contribution >= 0.6 is 24.0 Å². The SMILES string of the molecule is CN=C(NCC1CN(C)CCN1C)N(C)Cc1cc2ccccc2o1.I. The van der Waals surface area contributed by atoms with Crippen LogP contribution in [-0.4, -0.2) is 81.1 Å². The number of furan rings is 1. The van der Waals surface area contributed by atoms with E-state index in [-0.39, 0.29) is 24.0 Å². The molecule has 1 fully saturated rings. The van der Waals surface area contributed by atoms with Crippen molar-refractivity contribution in [3.05, 3.63) is 36.1 Å². The largest absolute Gasteiger partial charge is 0.459 e. The number of likely N-dealkylation sites (N-methyl/N-ethyl adjacent to an activating group) is 2. The van der Waals surface area contributed by atoms with Gasteiger partial charge in [0.15, 0.2) is 5.96 Å². The van der Waals surface area contributed by atoms with Crippen LogP contribution in [0.1, 0.15) is 5.76 Å². The van der Waals surface area contributed by atoms with Gasteiger partial charge in [0.05, 0.1) is 6.54 Å². The first-order valence-corrected chi connectivity index (χ1v) is 8.85. The third kappa shape index (κ3) is 5.11. The standard InChI is InChI=1S/C19H29N5O.HI/c1-20-19(21-12-16-13-22(2)9-10-23(16)3)24(4)14-17-11-15-7-5-6-8-18(15)25-17;/h5-8,11,16H,9-10,12-14H2,1-4H3,(H,20,21);1H. The number of nitrogens with zero attached hydrogens (tertiary/aromatic N) is 4. The average Bonchev–Trinajstić information content (AvgIpc) is 3.00. The summed E-state index contributed by atoms with van der Waals surface area (Å²) in [5.41, 5.74) is 0.931. The number of halogens is 1. The molecule has 7 heteroatoms. The molecule has 0 radical (unpaired) electrons. The predicted molar refractivity (Wildman–Crippen MR) is 118 cm³/mol. The molecule has 2 aromatic rings. The van der Waals surface area contributed by atoms with E-state index >= 15 is 0 Å². The second kappa shape index (κ2) is 9.57. The van der Waals surface area contributed by atoms with Gasteiger partial charge in [-0.2, -0.15) is 0 Å². The smallest absolute Gasteiger partial charge is 0.193 e. The highest BCUT2D eigenvalue weighted by atomic mass is 127. The van der Waals surface area contributed by atoms with Gasteiger partial charge in [0, 0.05) is 51.7 Å². The van der Waals surface area contributed by atoms with E-state index in [1.807, 2.05) is 32.3 Å². The van der Waals surface area contributed by atoms with E-state index in [0.717, 1.165) is 48.9 Å². The summed E-state index contributed by atoms with van der Waals surface area (Å²) in [5, 5.41) is 4.65. The Hall–Kier alpha value is -1.32. The fourth-order valence-corrected chi connectivity index (χ4v) is 3.34. The molecule has 0 bridgehead atoms. The van der Waals surface area contributed by atoms with E-state index in [9.17, 15) is 0 Å². The van der Waals surface area contributed by atoms with Gasteiger partial charge in [0.1, 0.15) is 11.3 Å². The van der Waals surface area contributed by atoms with Crippen LogP contribution < -0.4 is 5.32 Å². The van der Waals surface area contributed by atoms with Gasteiger partial charge in [-0.3, -0.25) is 9.89 Å². The van der Waals surface area contributed by atoms with Crippen molar-refractivity contribution in [2.24, 2.45) is 4.99 Å². The molecule has 6 nitrogen and oxygen atoms in total. The zero-order chi connectivity index (χ0) is 17.8. The molecular formula is C19H30IN5O. The van der Waals surface area contributed by atoms with E-state index in [1.54, 1.807) is 0 Å². The maximum Gasteiger partial charge on any atom is 0.193 e. The van der Waals surface area contributed by atoms with Crippen LogP contribution in [-0.2, 0) is 6.54 Å².